The van der Waals surface area contributed by atoms with Crippen LogP contribution in [0.4, 0.5) is 4.39 Å². The lowest BCUT2D eigenvalue weighted by Gasteiger charge is -2.19. The lowest BCUT2D eigenvalue weighted by molar-refractivity contribution is -0.149. The van der Waals surface area contributed by atoms with Gasteiger partial charge in [-0.15, -0.1) is 0 Å². The number of aromatic carboxylic acids is 1. The molecule has 108 valence electrons. The Labute approximate surface area is 116 Å². The first-order valence-corrected chi connectivity index (χ1v) is 6.04. The summed E-state index contributed by atoms with van der Waals surface area (Å²) in [4.78, 5) is 22.8. The third-order valence-electron chi connectivity index (χ3n) is 2.34. The number of benzene rings is 1. The average Bonchev–Trinajstić information content (AvgIpc) is 2.26. The van der Waals surface area contributed by atoms with Crippen LogP contribution in [-0.2, 0) is 9.53 Å². The highest BCUT2D eigenvalue weighted by atomic mass is 19.1. The highest BCUT2D eigenvalue weighted by Crippen LogP contribution is 2.17. The molecule has 0 spiro atoms. The Morgan fingerprint density at radius 3 is 2.40 bits per heavy atom. The van der Waals surface area contributed by atoms with Gasteiger partial charge in [0.2, 0.25) is 0 Å². The molecule has 0 heterocycles. The van der Waals surface area contributed by atoms with Crippen molar-refractivity contribution in [3.05, 3.63) is 40.7 Å². The van der Waals surface area contributed by atoms with Crippen LogP contribution >= 0.6 is 0 Å². The fraction of sp³-hybridized carbons (Fsp3) is 0.333. The average molecular weight is 280 g/mol. The van der Waals surface area contributed by atoms with E-state index in [1.54, 1.807) is 20.8 Å². The number of hydrogen-bond donors (Lipinski definition) is 1. The molecule has 0 amide bonds. The smallest absolute Gasteiger partial charge is 0.336 e. The van der Waals surface area contributed by atoms with Gasteiger partial charge < -0.3 is 9.84 Å². The summed E-state index contributed by atoms with van der Waals surface area (Å²) in [7, 11) is 0. The second-order valence-electron chi connectivity index (χ2n) is 5.37. The SMILES string of the molecule is C/C(=C\c1cc(F)ccc1C(=O)O)C(=O)OC(C)(C)C. The Kier molecular flexibility index (Phi) is 4.65. The molecule has 0 bridgehead atoms. The molecule has 0 aromatic heterocycles. The molecule has 0 aliphatic heterocycles. The van der Waals surface area contributed by atoms with Crippen molar-refractivity contribution >= 4 is 18.0 Å². The van der Waals surface area contributed by atoms with E-state index in [9.17, 15) is 14.0 Å². The first kappa shape index (κ1) is 15.9. The van der Waals surface area contributed by atoms with E-state index in [1.165, 1.54) is 13.0 Å². The number of halogens is 1. The molecule has 1 rings (SSSR count). The first-order chi connectivity index (χ1) is 9.10. The van der Waals surface area contributed by atoms with Crippen molar-refractivity contribution in [2.45, 2.75) is 33.3 Å². The first-order valence-electron chi connectivity index (χ1n) is 6.04. The van der Waals surface area contributed by atoms with Gasteiger partial charge in [0.1, 0.15) is 11.4 Å². The van der Waals surface area contributed by atoms with Gasteiger partial charge in [0.05, 0.1) is 5.56 Å². The van der Waals surface area contributed by atoms with E-state index in [2.05, 4.69) is 0 Å². The third-order valence-corrected chi connectivity index (χ3v) is 2.34. The number of carbonyl (C=O) groups excluding carboxylic acids is 1. The van der Waals surface area contributed by atoms with Crippen LogP contribution in [0.3, 0.4) is 0 Å². The second kappa shape index (κ2) is 5.86. The normalized spacial score (nSPS) is 12.2. The maximum absolute atomic E-state index is 13.2. The van der Waals surface area contributed by atoms with Crippen molar-refractivity contribution in [3.8, 4) is 0 Å². The number of ether oxygens (including phenoxy) is 1. The number of rotatable bonds is 3. The van der Waals surface area contributed by atoms with Crippen LogP contribution in [0.25, 0.3) is 6.08 Å². The maximum atomic E-state index is 13.2. The molecular formula is C15H17FO4. The van der Waals surface area contributed by atoms with Gasteiger partial charge in [-0.25, -0.2) is 14.0 Å². The van der Waals surface area contributed by atoms with E-state index in [1.807, 2.05) is 0 Å². The monoisotopic (exact) mass is 280 g/mol. The highest BCUT2D eigenvalue weighted by molar-refractivity contribution is 5.97. The van der Waals surface area contributed by atoms with Gasteiger partial charge in [0.25, 0.3) is 0 Å². The molecule has 1 aromatic carbocycles. The third kappa shape index (κ3) is 4.50. The van der Waals surface area contributed by atoms with Crippen LogP contribution in [0.2, 0.25) is 0 Å². The largest absolute Gasteiger partial charge is 0.478 e. The minimum absolute atomic E-state index is 0.0747. The Bertz CT molecular complexity index is 568. The molecule has 0 saturated heterocycles. The molecule has 20 heavy (non-hydrogen) atoms. The van der Waals surface area contributed by atoms with E-state index < -0.39 is 23.4 Å². The molecule has 0 radical (unpaired) electrons. The Morgan fingerprint density at radius 1 is 1.30 bits per heavy atom. The van der Waals surface area contributed by atoms with Gasteiger partial charge in [-0.1, -0.05) is 0 Å². The molecule has 0 saturated carbocycles. The van der Waals surface area contributed by atoms with Gasteiger partial charge >= 0.3 is 11.9 Å². The highest BCUT2D eigenvalue weighted by Gasteiger charge is 2.18. The van der Waals surface area contributed by atoms with E-state index in [0.717, 1.165) is 18.2 Å². The minimum Gasteiger partial charge on any atom is -0.478 e. The van der Waals surface area contributed by atoms with Crippen molar-refractivity contribution in [2.75, 3.05) is 0 Å². The number of carboxylic acids is 1. The molecule has 4 nitrogen and oxygen atoms in total. The predicted octanol–water partition coefficient (Wildman–Crippen LogP) is 3.27. The van der Waals surface area contributed by atoms with Gasteiger partial charge in [-0.05, 0) is 57.5 Å². The Morgan fingerprint density at radius 2 is 1.90 bits per heavy atom. The van der Waals surface area contributed by atoms with Crippen LogP contribution in [0.5, 0.6) is 0 Å². The van der Waals surface area contributed by atoms with Gasteiger partial charge in [0.15, 0.2) is 0 Å². The second-order valence-corrected chi connectivity index (χ2v) is 5.37. The molecular weight excluding hydrogens is 263 g/mol. The molecule has 0 unspecified atom stereocenters. The summed E-state index contributed by atoms with van der Waals surface area (Å²) in [5, 5.41) is 9.03. The summed E-state index contributed by atoms with van der Waals surface area (Å²) < 4.78 is 18.3. The lowest BCUT2D eigenvalue weighted by Crippen LogP contribution is -2.24. The zero-order chi connectivity index (χ0) is 15.5. The van der Waals surface area contributed by atoms with Crippen molar-refractivity contribution in [3.63, 3.8) is 0 Å². The van der Waals surface area contributed by atoms with E-state index in [-0.39, 0.29) is 16.7 Å². The van der Waals surface area contributed by atoms with Gasteiger partial charge in [-0.3, -0.25) is 0 Å². The molecule has 1 N–H and O–H groups in total. The maximum Gasteiger partial charge on any atom is 0.336 e. The standard InChI is InChI=1S/C15H17FO4/c1-9(14(19)20-15(2,3)4)7-10-8-11(16)5-6-12(10)13(17)18/h5-8H,1-4H3,(H,17,18)/b9-7+. The number of esters is 1. The summed E-state index contributed by atoms with van der Waals surface area (Å²) in [6.07, 6.45) is 1.31. The lowest BCUT2D eigenvalue weighted by atomic mass is 10.0. The predicted molar refractivity (Wildman–Crippen MR) is 72.9 cm³/mol. The summed E-state index contributed by atoms with van der Waals surface area (Å²) in [6, 6.07) is 3.28. The number of hydrogen-bond acceptors (Lipinski definition) is 3. The Hall–Kier alpha value is -2.17. The molecule has 0 atom stereocenters. The molecule has 1 aromatic rings. The van der Waals surface area contributed by atoms with Gasteiger partial charge in [0, 0.05) is 5.57 Å². The van der Waals surface area contributed by atoms with Crippen molar-refractivity contribution in [1.82, 2.24) is 0 Å². The van der Waals surface area contributed by atoms with Crippen LogP contribution in [-0.4, -0.2) is 22.6 Å². The zero-order valence-corrected chi connectivity index (χ0v) is 11.9. The van der Waals surface area contributed by atoms with Crippen molar-refractivity contribution in [1.29, 1.82) is 0 Å². The Balaban J connectivity index is 3.13. The van der Waals surface area contributed by atoms with E-state index in [4.69, 9.17) is 9.84 Å². The van der Waals surface area contributed by atoms with Crippen molar-refractivity contribution in [2.24, 2.45) is 0 Å². The van der Waals surface area contributed by atoms with E-state index >= 15 is 0 Å². The molecule has 0 aliphatic rings. The summed E-state index contributed by atoms with van der Waals surface area (Å²) in [6.45, 7) is 6.67. The quantitative estimate of drug-likeness (QED) is 0.681. The number of carbonyl (C=O) groups is 2. The summed E-state index contributed by atoms with van der Waals surface area (Å²) in [5.41, 5.74) is -0.396. The summed E-state index contributed by atoms with van der Waals surface area (Å²) >= 11 is 0. The number of carboxylic acid groups (broad SMARTS) is 1. The van der Waals surface area contributed by atoms with Gasteiger partial charge in [-0.2, -0.15) is 0 Å². The van der Waals surface area contributed by atoms with Crippen molar-refractivity contribution < 1.29 is 23.8 Å². The molecule has 5 heteroatoms. The van der Waals surface area contributed by atoms with Crippen LogP contribution in [0, 0.1) is 5.82 Å². The van der Waals surface area contributed by atoms with E-state index in [0.29, 0.717) is 0 Å². The minimum atomic E-state index is -1.19. The topological polar surface area (TPSA) is 63.6 Å². The fourth-order valence-corrected chi connectivity index (χ4v) is 1.50. The molecule has 0 fully saturated rings. The van der Waals surface area contributed by atoms with Crippen LogP contribution < -0.4 is 0 Å². The zero-order valence-electron chi connectivity index (χ0n) is 11.9. The molecule has 0 aliphatic carbocycles. The fourth-order valence-electron chi connectivity index (χ4n) is 1.50. The van der Waals surface area contributed by atoms with Crippen LogP contribution in [0.15, 0.2) is 23.8 Å². The summed E-state index contributed by atoms with van der Waals surface area (Å²) in [5.74, 6) is -2.33. The van der Waals surface area contributed by atoms with Crippen LogP contribution in [0.1, 0.15) is 43.6 Å².